The summed E-state index contributed by atoms with van der Waals surface area (Å²) in [7, 11) is 0. The van der Waals surface area contributed by atoms with Crippen molar-refractivity contribution in [2.45, 2.75) is 78.3 Å². The SMILES string of the molecule is CCCC(CCC)c1ccc2c(c1)CN(C(CC)C(=O)NC(C)=O)C2=O. The molecular weight excluding hydrogens is 328 g/mol. The fraction of sp³-hybridized carbons (Fsp3) is 0.571. The number of carbonyl (C=O) groups excluding carboxylic acids is 3. The maximum atomic E-state index is 12.8. The van der Waals surface area contributed by atoms with Gasteiger partial charge in [-0.3, -0.25) is 19.7 Å². The molecule has 2 rings (SSSR count). The molecule has 0 aliphatic carbocycles. The first-order valence-electron chi connectivity index (χ1n) is 9.68. The second-order valence-electron chi connectivity index (χ2n) is 7.09. The summed E-state index contributed by atoms with van der Waals surface area (Å²) >= 11 is 0. The fourth-order valence-corrected chi connectivity index (χ4v) is 3.85. The highest BCUT2D eigenvalue weighted by atomic mass is 16.2. The maximum absolute atomic E-state index is 12.8. The summed E-state index contributed by atoms with van der Waals surface area (Å²) in [5.74, 6) is -0.417. The highest BCUT2D eigenvalue weighted by Crippen LogP contribution is 2.32. The lowest BCUT2D eigenvalue weighted by atomic mass is 9.89. The molecule has 1 heterocycles. The third kappa shape index (κ3) is 4.32. The van der Waals surface area contributed by atoms with Gasteiger partial charge >= 0.3 is 0 Å². The van der Waals surface area contributed by atoms with Crippen LogP contribution in [-0.4, -0.2) is 28.7 Å². The van der Waals surface area contributed by atoms with E-state index >= 15 is 0 Å². The van der Waals surface area contributed by atoms with Crippen LogP contribution in [0, 0.1) is 0 Å². The molecule has 1 aromatic carbocycles. The van der Waals surface area contributed by atoms with Crippen LogP contribution >= 0.6 is 0 Å². The average molecular weight is 358 g/mol. The molecule has 0 bridgehead atoms. The Bertz CT molecular complexity index is 678. The molecule has 1 N–H and O–H groups in total. The molecule has 0 radical (unpaired) electrons. The Morgan fingerprint density at radius 1 is 1.15 bits per heavy atom. The number of imide groups is 1. The molecule has 1 aromatic rings. The van der Waals surface area contributed by atoms with Gasteiger partial charge < -0.3 is 4.90 Å². The Morgan fingerprint density at radius 3 is 2.35 bits per heavy atom. The van der Waals surface area contributed by atoms with Crippen molar-refractivity contribution in [1.29, 1.82) is 0 Å². The van der Waals surface area contributed by atoms with Gasteiger partial charge in [-0.25, -0.2) is 0 Å². The maximum Gasteiger partial charge on any atom is 0.255 e. The van der Waals surface area contributed by atoms with Crippen molar-refractivity contribution in [3.8, 4) is 0 Å². The van der Waals surface area contributed by atoms with Crippen LogP contribution in [-0.2, 0) is 16.1 Å². The zero-order valence-corrected chi connectivity index (χ0v) is 16.3. The molecule has 0 spiro atoms. The van der Waals surface area contributed by atoms with E-state index in [2.05, 4.69) is 31.3 Å². The van der Waals surface area contributed by atoms with Gasteiger partial charge in [0.2, 0.25) is 11.8 Å². The van der Waals surface area contributed by atoms with Crippen molar-refractivity contribution < 1.29 is 14.4 Å². The highest BCUT2D eigenvalue weighted by molar-refractivity contribution is 6.03. The van der Waals surface area contributed by atoms with Crippen molar-refractivity contribution in [3.63, 3.8) is 0 Å². The number of hydrogen-bond acceptors (Lipinski definition) is 3. The van der Waals surface area contributed by atoms with Gasteiger partial charge in [0.05, 0.1) is 0 Å². The molecule has 5 heteroatoms. The van der Waals surface area contributed by atoms with Gasteiger partial charge in [0, 0.05) is 19.0 Å². The number of benzene rings is 1. The topological polar surface area (TPSA) is 66.5 Å². The summed E-state index contributed by atoms with van der Waals surface area (Å²) in [6, 6.07) is 5.48. The number of fused-ring (bicyclic) bond motifs is 1. The Kier molecular flexibility index (Phi) is 6.95. The number of hydrogen-bond donors (Lipinski definition) is 1. The van der Waals surface area contributed by atoms with Gasteiger partial charge in [-0.15, -0.1) is 0 Å². The monoisotopic (exact) mass is 358 g/mol. The van der Waals surface area contributed by atoms with Crippen LogP contribution in [0.3, 0.4) is 0 Å². The van der Waals surface area contributed by atoms with Crippen LogP contribution in [0.5, 0.6) is 0 Å². The van der Waals surface area contributed by atoms with E-state index in [-0.39, 0.29) is 5.91 Å². The lowest BCUT2D eigenvalue weighted by molar-refractivity contribution is -0.132. The summed E-state index contributed by atoms with van der Waals surface area (Å²) in [6.45, 7) is 7.97. The van der Waals surface area contributed by atoms with Crippen LogP contribution in [0.1, 0.15) is 87.2 Å². The van der Waals surface area contributed by atoms with Gasteiger partial charge in [-0.1, -0.05) is 45.7 Å². The summed E-state index contributed by atoms with van der Waals surface area (Å²) < 4.78 is 0. The molecule has 1 aliphatic heterocycles. The van der Waals surface area contributed by atoms with Crippen molar-refractivity contribution >= 4 is 17.7 Å². The summed E-state index contributed by atoms with van der Waals surface area (Å²) in [4.78, 5) is 37.9. The first-order chi connectivity index (χ1) is 12.4. The second kappa shape index (κ2) is 8.97. The van der Waals surface area contributed by atoms with Crippen molar-refractivity contribution in [2.24, 2.45) is 0 Å². The first kappa shape index (κ1) is 20.1. The number of rotatable bonds is 8. The number of carbonyl (C=O) groups is 3. The van der Waals surface area contributed by atoms with E-state index in [1.165, 1.54) is 12.5 Å². The van der Waals surface area contributed by atoms with E-state index in [9.17, 15) is 14.4 Å². The molecule has 26 heavy (non-hydrogen) atoms. The van der Waals surface area contributed by atoms with Gasteiger partial charge in [0.15, 0.2) is 0 Å². The minimum atomic E-state index is -0.621. The quantitative estimate of drug-likeness (QED) is 0.769. The highest BCUT2D eigenvalue weighted by Gasteiger charge is 2.36. The number of nitrogens with zero attached hydrogens (tertiary/aromatic N) is 1. The number of nitrogens with one attached hydrogen (secondary N) is 1. The van der Waals surface area contributed by atoms with E-state index in [1.54, 1.807) is 4.90 Å². The Hall–Kier alpha value is -2.17. The van der Waals surface area contributed by atoms with Crippen LogP contribution < -0.4 is 5.32 Å². The Morgan fingerprint density at radius 2 is 1.81 bits per heavy atom. The Labute approximate surface area is 156 Å². The van der Waals surface area contributed by atoms with Crippen molar-refractivity contribution in [2.75, 3.05) is 0 Å². The minimum Gasteiger partial charge on any atom is -0.322 e. The van der Waals surface area contributed by atoms with E-state index < -0.39 is 17.9 Å². The molecule has 0 aromatic heterocycles. The average Bonchev–Trinajstić information content (AvgIpc) is 2.91. The van der Waals surface area contributed by atoms with E-state index in [0.717, 1.165) is 31.2 Å². The molecule has 0 saturated heterocycles. The predicted octanol–water partition coefficient (Wildman–Crippen LogP) is 3.77. The summed E-state index contributed by atoms with van der Waals surface area (Å²) in [6.07, 6.45) is 5.03. The number of amides is 3. The summed E-state index contributed by atoms with van der Waals surface area (Å²) in [5, 5.41) is 2.31. The predicted molar refractivity (Wildman–Crippen MR) is 102 cm³/mol. The molecule has 1 unspecified atom stereocenters. The van der Waals surface area contributed by atoms with Crippen LogP contribution in [0.25, 0.3) is 0 Å². The molecule has 1 aliphatic rings. The standard InChI is InChI=1S/C21H30N2O3/c1-5-8-15(9-6-2)16-10-11-18-17(12-16)13-23(21(18)26)19(7-3)20(25)22-14(4)24/h10-12,15,19H,5-9,13H2,1-4H3,(H,22,24,25). The van der Waals surface area contributed by atoms with E-state index in [4.69, 9.17) is 0 Å². The van der Waals surface area contributed by atoms with E-state index in [0.29, 0.717) is 24.4 Å². The molecule has 1 atom stereocenters. The van der Waals surface area contributed by atoms with Crippen molar-refractivity contribution in [3.05, 3.63) is 34.9 Å². The molecule has 142 valence electrons. The molecule has 0 saturated carbocycles. The normalized spacial score (nSPS) is 14.5. The van der Waals surface area contributed by atoms with Crippen molar-refractivity contribution in [1.82, 2.24) is 10.2 Å². The van der Waals surface area contributed by atoms with Gasteiger partial charge in [0.25, 0.3) is 5.91 Å². The molecule has 3 amide bonds. The van der Waals surface area contributed by atoms with Crippen LogP contribution in [0.4, 0.5) is 0 Å². The van der Waals surface area contributed by atoms with Gasteiger partial charge in [-0.05, 0) is 42.4 Å². The summed E-state index contributed by atoms with van der Waals surface area (Å²) in [5.41, 5.74) is 2.94. The lowest BCUT2D eigenvalue weighted by Crippen LogP contribution is -2.47. The second-order valence-corrected chi connectivity index (χ2v) is 7.09. The van der Waals surface area contributed by atoms with Crippen LogP contribution in [0.2, 0.25) is 0 Å². The molecular formula is C21H30N2O3. The smallest absolute Gasteiger partial charge is 0.255 e. The minimum absolute atomic E-state index is 0.125. The largest absolute Gasteiger partial charge is 0.322 e. The zero-order chi connectivity index (χ0) is 19.3. The van der Waals surface area contributed by atoms with Crippen LogP contribution in [0.15, 0.2) is 18.2 Å². The third-order valence-electron chi connectivity index (χ3n) is 5.07. The van der Waals surface area contributed by atoms with E-state index in [1.807, 2.05) is 13.0 Å². The first-order valence-corrected chi connectivity index (χ1v) is 9.68. The molecule has 5 nitrogen and oxygen atoms in total. The lowest BCUT2D eigenvalue weighted by Gasteiger charge is -2.25. The fourth-order valence-electron chi connectivity index (χ4n) is 3.85. The van der Waals surface area contributed by atoms with Gasteiger partial charge in [0.1, 0.15) is 6.04 Å². The Balaban J connectivity index is 2.24. The van der Waals surface area contributed by atoms with Gasteiger partial charge in [-0.2, -0.15) is 0 Å². The zero-order valence-electron chi connectivity index (χ0n) is 16.3. The third-order valence-corrected chi connectivity index (χ3v) is 5.07. The molecule has 0 fully saturated rings.